The van der Waals surface area contributed by atoms with Gasteiger partial charge in [-0.25, -0.2) is 26.9 Å². The van der Waals surface area contributed by atoms with Crippen molar-refractivity contribution in [2.45, 2.75) is 0 Å². The Bertz CT molecular complexity index is 733. The minimum absolute atomic E-state index is 0.0235. The van der Waals surface area contributed by atoms with Gasteiger partial charge in [0.2, 0.25) is 0 Å². The molecule has 0 bridgehead atoms. The van der Waals surface area contributed by atoms with Crippen molar-refractivity contribution in [3.05, 3.63) is 59.4 Å². The van der Waals surface area contributed by atoms with Crippen LogP contribution in [-0.4, -0.2) is 11.4 Å². The summed E-state index contributed by atoms with van der Waals surface area (Å²) >= 11 is 0.987. The smallest absolute Gasteiger partial charge is 0.196 e. The Kier molecular flexibility index (Phi) is 5.02. The second-order valence-electron chi connectivity index (χ2n) is 4.06. The molecule has 116 valence electrons. The molecule has 8 heteroatoms. The van der Waals surface area contributed by atoms with E-state index >= 15 is 0 Å². The summed E-state index contributed by atoms with van der Waals surface area (Å²) in [6, 6.07) is 4.49. The summed E-state index contributed by atoms with van der Waals surface area (Å²) in [6.45, 7) is 0. The second kappa shape index (κ2) is 6.78. The van der Waals surface area contributed by atoms with Crippen LogP contribution < -0.4 is 5.32 Å². The molecule has 0 fully saturated rings. The normalized spacial score (nSPS) is 11.6. The largest absolute Gasteiger partial charge is 0.332 e. The van der Waals surface area contributed by atoms with Gasteiger partial charge in [-0.2, -0.15) is 0 Å². The number of nitrogens with one attached hydrogen (secondary N) is 1. The fourth-order valence-corrected chi connectivity index (χ4v) is 1.95. The summed E-state index contributed by atoms with van der Waals surface area (Å²) in [4.78, 5) is 3.85. The Morgan fingerprint density at radius 2 is 1.68 bits per heavy atom. The monoisotopic (exact) mass is 332 g/mol. The van der Waals surface area contributed by atoms with Gasteiger partial charge in [0.1, 0.15) is 11.5 Å². The standard InChI is InChI=1S/C14H9F5N2S/c1-22-14(20-10-4-2-7(15)6-9(10)17)21-11-5-3-8(16)12(18)13(11)19/h2-6H,1H3,(H,20,21). The summed E-state index contributed by atoms with van der Waals surface area (Å²) in [7, 11) is 0. The molecule has 2 aromatic carbocycles. The molecule has 0 radical (unpaired) electrons. The number of aliphatic imine (C=N–C) groups is 1. The zero-order valence-corrected chi connectivity index (χ0v) is 11.9. The van der Waals surface area contributed by atoms with Crippen molar-refractivity contribution in [2.75, 3.05) is 11.6 Å². The molecule has 0 aliphatic heterocycles. The molecule has 0 unspecified atom stereocenters. The average Bonchev–Trinajstić information content (AvgIpc) is 2.49. The van der Waals surface area contributed by atoms with E-state index in [0.29, 0.717) is 6.07 Å². The van der Waals surface area contributed by atoms with Crippen LogP contribution in [0, 0.1) is 29.1 Å². The molecule has 0 spiro atoms. The fraction of sp³-hybridized carbons (Fsp3) is 0.0714. The van der Waals surface area contributed by atoms with Gasteiger partial charge in [0, 0.05) is 6.07 Å². The quantitative estimate of drug-likeness (QED) is 0.368. The Labute approximate surface area is 127 Å². The van der Waals surface area contributed by atoms with Gasteiger partial charge in [-0.3, -0.25) is 0 Å². The third-order valence-electron chi connectivity index (χ3n) is 2.60. The van der Waals surface area contributed by atoms with E-state index in [2.05, 4.69) is 10.3 Å². The van der Waals surface area contributed by atoms with Gasteiger partial charge in [0.25, 0.3) is 0 Å². The highest BCUT2D eigenvalue weighted by atomic mass is 32.2. The lowest BCUT2D eigenvalue weighted by Gasteiger charge is -2.09. The molecule has 0 saturated heterocycles. The molecule has 2 nitrogen and oxygen atoms in total. The maximum atomic E-state index is 13.6. The molecule has 0 aliphatic rings. The van der Waals surface area contributed by atoms with E-state index in [9.17, 15) is 22.0 Å². The van der Waals surface area contributed by atoms with Gasteiger partial charge in [0.15, 0.2) is 28.4 Å². The lowest BCUT2D eigenvalue weighted by Crippen LogP contribution is -2.10. The molecule has 22 heavy (non-hydrogen) atoms. The summed E-state index contributed by atoms with van der Waals surface area (Å²) in [5, 5.41) is 2.45. The lowest BCUT2D eigenvalue weighted by molar-refractivity contribution is 0.449. The second-order valence-corrected chi connectivity index (χ2v) is 4.86. The van der Waals surface area contributed by atoms with E-state index in [1.54, 1.807) is 6.26 Å². The van der Waals surface area contributed by atoms with Crippen LogP contribution in [0.15, 0.2) is 35.3 Å². The van der Waals surface area contributed by atoms with Crippen molar-refractivity contribution in [2.24, 2.45) is 4.99 Å². The van der Waals surface area contributed by atoms with Crippen molar-refractivity contribution in [1.29, 1.82) is 0 Å². The van der Waals surface area contributed by atoms with E-state index in [4.69, 9.17) is 0 Å². The van der Waals surface area contributed by atoms with Crippen LogP contribution in [0.1, 0.15) is 0 Å². The van der Waals surface area contributed by atoms with Gasteiger partial charge in [-0.1, -0.05) is 11.8 Å². The fourth-order valence-electron chi connectivity index (χ4n) is 1.54. The van der Waals surface area contributed by atoms with Crippen molar-refractivity contribution < 1.29 is 22.0 Å². The van der Waals surface area contributed by atoms with E-state index < -0.39 is 29.1 Å². The molecular formula is C14H9F5N2S. The third kappa shape index (κ3) is 3.56. The Hall–Kier alpha value is -2.09. The van der Waals surface area contributed by atoms with Gasteiger partial charge in [0.05, 0.1) is 5.69 Å². The molecule has 0 amide bonds. The number of anilines is 1. The number of amidine groups is 1. The van der Waals surface area contributed by atoms with Crippen LogP contribution in [0.4, 0.5) is 33.3 Å². The van der Waals surface area contributed by atoms with Crippen LogP contribution >= 0.6 is 11.8 Å². The number of hydrogen-bond donors (Lipinski definition) is 1. The first-order chi connectivity index (χ1) is 10.4. The van der Waals surface area contributed by atoms with Crippen molar-refractivity contribution in [1.82, 2.24) is 0 Å². The average molecular weight is 332 g/mol. The summed E-state index contributed by atoms with van der Waals surface area (Å²) < 4.78 is 65.9. The number of halogens is 5. The predicted molar refractivity (Wildman–Crippen MR) is 76.9 cm³/mol. The molecule has 0 atom stereocenters. The predicted octanol–water partition coefficient (Wildman–Crippen LogP) is 4.84. The number of thioether (sulfide) groups is 1. The van der Waals surface area contributed by atoms with Gasteiger partial charge >= 0.3 is 0 Å². The maximum Gasteiger partial charge on any atom is 0.196 e. The Morgan fingerprint density at radius 1 is 0.955 bits per heavy atom. The zero-order chi connectivity index (χ0) is 16.3. The molecular weight excluding hydrogens is 323 g/mol. The minimum Gasteiger partial charge on any atom is -0.332 e. The van der Waals surface area contributed by atoms with Crippen LogP contribution in [0.25, 0.3) is 0 Å². The molecule has 0 saturated carbocycles. The maximum absolute atomic E-state index is 13.6. The summed E-state index contributed by atoms with van der Waals surface area (Å²) in [6.07, 6.45) is 1.56. The first-order valence-corrected chi connectivity index (χ1v) is 7.13. The highest BCUT2D eigenvalue weighted by Crippen LogP contribution is 2.23. The van der Waals surface area contributed by atoms with E-state index in [0.717, 1.165) is 36.0 Å². The number of rotatable bonds is 2. The van der Waals surface area contributed by atoms with Crippen molar-refractivity contribution in [3.8, 4) is 0 Å². The van der Waals surface area contributed by atoms with Crippen LogP contribution in [0.2, 0.25) is 0 Å². The van der Waals surface area contributed by atoms with E-state index in [-0.39, 0.29) is 16.5 Å². The first kappa shape index (κ1) is 16.3. The Balaban J connectivity index is 2.33. The number of hydrogen-bond acceptors (Lipinski definition) is 2. The van der Waals surface area contributed by atoms with Crippen LogP contribution in [-0.2, 0) is 0 Å². The number of nitrogens with zero attached hydrogens (tertiary/aromatic N) is 1. The van der Waals surface area contributed by atoms with Gasteiger partial charge in [-0.05, 0) is 30.5 Å². The molecule has 0 aromatic heterocycles. The van der Waals surface area contributed by atoms with Crippen molar-refractivity contribution >= 4 is 28.3 Å². The molecule has 2 rings (SSSR count). The van der Waals surface area contributed by atoms with Gasteiger partial charge in [-0.15, -0.1) is 0 Å². The highest BCUT2D eigenvalue weighted by molar-refractivity contribution is 8.13. The molecule has 0 aliphatic carbocycles. The zero-order valence-electron chi connectivity index (χ0n) is 11.1. The van der Waals surface area contributed by atoms with Crippen molar-refractivity contribution in [3.63, 3.8) is 0 Å². The molecule has 0 heterocycles. The third-order valence-corrected chi connectivity index (χ3v) is 3.18. The van der Waals surface area contributed by atoms with Gasteiger partial charge < -0.3 is 5.32 Å². The summed E-state index contributed by atoms with van der Waals surface area (Å²) in [5.41, 5.74) is -0.532. The lowest BCUT2D eigenvalue weighted by atomic mass is 10.3. The molecule has 1 N–H and O–H groups in total. The van der Waals surface area contributed by atoms with E-state index in [1.165, 1.54) is 0 Å². The first-order valence-electron chi connectivity index (χ1n) is 5.90. The van der Waals surface area contributed by atoms with Crippen LogP contribution in [0.3, 0.4) is 0 Å². The topological polar surface area (TPSA) is 24.4 Å². The minimum atomic E-state index is -1.63. The van der Waals surface area contributed by atoms with E-state index in [1.807, 2.05) is 0 Å². The summed E-state index contributed by atoms with van der Waals surface area (Å²) in [5.74, 6) is -6.03. The SMILES string of the molecule is CSC(=Nc1ccc(F)cc1F)Nc1ccc(F)c(F)c1F. The highest BCUT2D eigenvalue weighted by Gasteiger charge is 2.14. The van der Waals surface area contributed by atoms with Crippen LogP contribution in [0.5, 0.6) is 0 Å². The Morgan fingerprint density at radius 3 is 2.32 bits per heavy atom. The molecule has 2 aromatic rings. The number of benzene rings is 2.